The molecule has 2 rings (SSSR count). The summed E-state index contributed by atoms with van der Waals surface area (Å²) >= 11 is 0. The second-order valence-electron chi connectivity index (χ2n) is 3.90. The lowest BCUT2D eigenvalue weighted by atomic mass is 10.2. The van der Waals surface area contributed by atoms with Crippen LogP contribution in [0.25, 0.3) is 0 Å². The summed E-state index contributed by atoms with van der Waals surface area (Å²) in [5, 5.41) is 15.2. The highest BCUT2D eigenvalue weighted by Crippen LogP contribution is 2.19. The molecule has 0 amide bonds. The first-order chi connectivity index (χ1) is 9.80. The zero-order valence-corrected chi connectivity index (χ0v) is 11.5. The maximum absolute atomic E-state index is 7.62. The fraction of sp³-hybridized carbons (Fsp3) is 0.250. The van der Waals surface area contributed by atoms with E-state index in [1.54, 1.807) is 7.11 Å². The maximum atomic E-state index is 7.62. The van der Waals surface area contributed by atoms with Crippen LogP contribution in [-0.4, -0.2) is 30.5 Å². The van der Waals surface area contributed by atoms with E-state index in [1.807, 2.05) is 54.6 Å². The molecule has 0 bridgehead atoms. The van der Waals surface area contributed by atoms with E-state index >= 15 is 0 Å². The fourth-order valence-electron chi connectivity index (χ4n) is 1.43. The lowest BCUT2D eigenvalue weighted by Gasteiger charge is -2.07. The summed E-state index contributed by atoms with van der Waals surface area (Å²) in [5.41, 5.74) is 1.16. The standard InChI is InChI=1S/C14H14O2.C2H6O2/c1-15-13-8-5-9-14(10-13)16-11-12-6-3-2-4-7-12;3-1-2-4/h2-10H,11H2,1H3;3-4H,1-2H2. The van der Waals surface area contributed by atoms with Crippen LogP contribution in [0.3, 0.4) is 0 Å². The Bertz CT molecular complexity index is 469. The third kappa shape index (κ3) is 6.22. The van der Waals surface area contributed by atoms with Crippen LogP contribution in [0.2, 0.25) is 0 Å². The molecule has 0 saturated carbocycles. The fourth-order valence-corrected chi connectivity index (χ4v) is 1.43. The summed E-state index contributed by atoms with van der Waals surface area (Å²) < 4.78 is 10.8. The van der Waals surface area contributed by atoms with Gasteiger partial charge in [-0.25, -0.2) is 0 Å². The first-order valence-corrected chi connectivity index (χ1v) is 6.32. The third-order valence-electron chi connectivity index (χ3n) is 2.39. The summed E-state index contributed by atoms with van der Waals surface area (Å²) in [4.78, 5) is 0. The summed E-state index contributed by atoms with van der Waals surface area (Å²) in [7, 11) is 1.65. The van der Waals surface area contributed by atoms with Gasteiger partial charge in [0, 0.05) is 6.07 Å². The molecular formula is C16H20O4. The first-order valence-electron chi connectivity index (χ1n) is 6.32. The van der Waals surface area contributed by atoms with Gasteiger partial charge in [0.15, 0.2) is 0 Å². The Morgan fingerprint density at radius 3 is 2.10 bits per heavy atom. The molecule has 0 spiro atoms. The van der Waals surface area contributed by atoms with Crippen molar-refractivity contribution in [3.8, 4) is 11.5 Å². The van der Waals surface area contributed by atoms with Crippen LogP contribution in [0.5, 0.6) is 11.5 Å². The van der Waals surface area contributed by atoms with E-state index in [-0.39, 0.29) is 13.2 Å². The summed E-state index contributed by atoms with van der Waals surface area (Å²) in [5.74, 6) is 1.63. The van der Waals surface area contributed by atoms with E-state index in [0.717, 1.165) is 17.1 Å². The number of ether oxygens (including phenoxy) is 2. The molecule has 0 heterocycles. The molecule has 0 unspecified atom stereocenters. The van der Waals surface area contributed by atoms with Gasteiger partial charge in [-0.15, -0.1) is 0 Å². The van der Waals surface area contributed by atoms with E-state index < -0.39 is 0 Å². The third-order valence-corrected chi connectivity index (χ3v) is 2.39. The van der Waals surface area contributed by atoms with Crippen molar-refractivity contribution < 1.29 is 19.7 Å². The molecule has 0 aliphatic heterocycles. The van der Waals surface area contributed by atoms with Crippen molar-refractivity contribution in [3.63, 3.8) is 0 Å². The Morgan fingerprint density at radius 2 is 1.50 bits per heavy atom. The zero-order chi connectivity index (χ0) is 14.6. The number of benzene rings is 2. The lowest BCUT2D eigenvalue weighted by molar-refractivity contribution is 0.186. The minimum atomic E-state index is -0.125. The Morgan fingerprint density at radius 1 is 0.850 bits per heavy atom. The highest BCUT2D eigenvalue weighted by atomic mass is 16.5. The molecule has 4 nitrogen and oxygen atoms in total. The summed E-state index contributed by atoms with van der Waals surface area (Å²) in [6.07, 6.45) is 0. The molecule has 108 valence electrons. The van der Waals surface area contributed by atoms with Crippen molar-refractivity contribution in [2.45, 2.75) is 6.61 Å². The highest BCUT2D eigenvalue weighted by molar-refractivity contribution is 5.33. The van der Waals surface area contributed by atoms with Gasteiger partial charge in [-0.05, 0) is 17.7 Å². The van der Waals surface area contributed by atoms with Gasteiger partial charge in [0.25, 0.3) is 0 Å². The molecule has 20 heavy (non-hydrogen) atoms. The Kier molecular flexibility index (Phi) is 7.87. The zero-order valence-electron chi connectivity index (χ0n) is 11.5. The van der Waals surface area contributed by atoms with Crippen molar-refractivity contribution in [2.75, 3.05) is 20.3 Å². The molecule has 0 aromatic heterocycles. The average molecular weight is 276 g/mol. The van der Waals surface area contributed by atoms with Crippen molar-refractivity contribution in [1.29, 1.82) is 0 Å². The average Bonchev–Trinajstić information content (AvgIpc) is 2.54. The minimum absolute atomic E-state index is 0.125. The lowest BCUT2D eigenvalue weighted by Crippen LogP contribution is -1.95. The molecule has 0 radical (unpaired) electrons. The van der Waals surface area contributed by atoms with Gasteiger partial charge in [0.05, 0.1) is 20.3 Å². The molecule has 0 saturated heterocycles. The van der Waals surface area contributed by atoms with Crippen LogP contribution in [0, 0.1) is 0 Å². The van der Waals surface area contributed by atoms with E-state index in [0.29, 0.717) is 6.61 Å². The molecule has 0 atom stereocenters. The largest absolute Gasteiger partial charge is 0.497 e. The number of hydrogen-bond donors (Lipinski definition) is 2. The van der Waals surface area contributed by atoms with Crippen molar-refractivity contribution >= 4 is 0 Å². The van der Waals surface area contributed by atoms with Crippen LogP contribution in [0.15, 0.2) is 54.6 Å². The second-order valence-corrected chi connectivity index (χ2v) is 3.90. The van der Waals surface area contributed by atoms with Crippen molar-refractivity contribution in [1.82, 2.24) is 0 Å². The second kappa shape index (κ2) is 9.83. The van der Waals surface area contributed by atoms with Crippen LogP contribution in [0.4, 0.5) is 0 Å². The number of aliphatic hydroxyl groups excluding tert-OH is 2. The minimum Gasteiger partial charge on any atom is -0.497 e. The van der Waals surface area contributed by atoms with Gasteiger partial charge in [0.1, 0.15) is 18.1 Å². The molecule has 2 aromatic rings. The van der Waals surface area contributed by atoms with Gasteiger partial charge in [-0.3, -0.25) is 0 Å². The number of rotatable bonds is 5. The number of aliphatic hydroxyl groups is 2. The van der Waals surface area contributed by atoms with Gasteiger partial charge in [-0.2, -0.15) is 0 Å². The molecule has 0 aliphatic rings. The smallest absolute Gasteiger partial charge is 0.123 e. The SMILES string of the molecule is COc1cccc(OCc2ccccc2)c1.OCCO. The van der Waals surface area contributed by atoms with Crippen LogP contribution >= 0.6 is 0 Å². The molecule has 2 aromatic carbocycles. The van der Waals surface area contributed by atoms with Crippen LogP contribution in [-0.2, 0) is 6.61 Å². The summed E-state index contributed by atoms with van der Waals surface area (Å²) in [6, 6.07) is 17.7. The predicted octanol–water partition coefficient (Wildman–Crippen LogP) is 2.25. The summed E-state index contributed by atoms with van der Waals surface area (Å²) in [6.45, 7) is 0.327. The number of hydrogen-bond acceptors (Lipinski definition) is 4. The molecule has 0 fully saturated rings. The molecular weight excluding hydrogens is 256 g/mol. The topological polar surface area (TPSA) is 58.9 Å². The van der Waals surface area contributed by atoms with Gasteiger partial charge in [-0.1, -0.05) is 36.4 Å². The van der Waals surface area contributed by atoms with E-state index in [2.05, 4.69) is 0 Å². The number of methoxy groups -OCH3 is 1. The highest BCUT2D eigenvalue weighted by Gasteiger charge is 1.97. The van der Waals surface area contributed by atoms with E-state index in [4.69, 9.17) is 19.7 Å². The normalized spacial score (nSPS) is 9.35. The molecule has 4 heteroatoms. The van der Waals surface area contributed by atoms with Crippen molar-refractivity contribution in [3.05, 3.63) is 60.2 Å². The monoisotopic (exact) mass is 276 g/mol. The van der Waals surface area contributed by atoms with Gasteiger partial charge in [0.2, 0.25) is 0 Å². The maximum Gasteiger partial charge on any atom is 0.123 e. The Balaban J connectivity index is 0.000000444. The first kappa shape index (κ1) is 16.0. The van der Waals surface area contributed by atoms with E-state index in [9.17, 15) is 0 Å². The predicted molar refractivity (Wildman–Crippen MR) is 77.9 cm³/mol. The Hall–Kier alpha value is -2.04. The Labute approximate surface area is 119 Å². The molecule has 2 N–H and O–H groups in total. The molecule has 0 aliphatic carbocycles. The van der Waals surface area contributed by atoms with Crippen molar-refractivity contribution in [2.24, 2.45) is 0 Å². The van der Waals surface area contributed by atoms with Crippen LogP contribution < -0.4 is 9.47 Å². The van der Waals surface area contributed by atoms with E-state index in [1.165, 1.54) is 0 Å². The van der Waals surface area contributed by atoms with Crippen LogP contribution in [0.1, 0.15) is 5.56 Å². The van der Waals surface area contributed by atoms with Gasteiger partial charge >= 0.3 is 0 Å². The van der Waals surface area contributed by atoms with Gasteiger partial charge < -0.3 is 19.7 Å². The quantitative estimate of drug-likeness (QED) is 0.879.